The van der Waals surface area contributed by atoms with Gasteiger partial charge >= 0.3 is 5.97 Å². The second-order valence-electron chi connectivity index (χ2n) is 11.5. The Morgan fingerprint density at radius 2 is 1.72 bits per heavy atom. The smallest absolute Gasteiger partial charge is 0.305 e. The van der Waals surface area contributed by atoms with Crippen LogP contribution < -0.4 is 0 Å². The number of aliphatic hydroxyl groups excluding tert-OH is 2. The normalized spacial score (nSPS) is 50.2. The molecule has 0 amide bonds. The zero-order valence-electron chi connectivity index (χ0n) is 18.9. The molecule has 29 heavy (non-hydrogen) atoms. The van der Waals surface area contributed by atoms with E-state index < -0.39 is 0 Å². The Labute approximate surface area is 176 Å². The minimum Gasteiger partial charge on any atom is -0.469 e. The van der Waals surface area contributed by atoms with Crippen molar-refractivity contribution in [3.63, 3.8) is 0 Å². The number of hydrogen-bond acceptors (Lipinski definition) is 4. The van der Waals surface area contributed by atoms with Crippen LogP contribution in [0.2, 0.25) is 0 Å². The van der Waals surface area contributed by atoms with Crippen molar-refractivity contribution in [2.24, 2.45) is 46.3 Å². The minimum absolute atomic E-state index is 0.0959. The molecule has 166 valence electrons. The molecule has 0 aromatic carbocycles. The third kappa shape index (κ3) is 3.46. The molecule has 0 aliphatic heterocycles. The van der Waals surface area contributed by atoms with E-state index in [4.69, 9.17) is 4.74 Å². The zero-order chi connectivity index (χ0) is 21.0. The number of ether oxygens (including phenoxy) is 1. The van der Waals surface area contributed by atoms with Gasteiger partial charge in [0, 0.05) is 6.42 Å². The highest BCUT2D eigenvalue weighted by atomic mass is 16.5. The fraction of sp³-hybridized carbons (Fsp3) is 0.960. The maximum atomic E-state index is 11.6. The summed E-state index contributed by atoms with van der Waals surface area (Å²) >= 11 is 0. The molecule has 4 aliphatic carbocycles. The lowest BCUT2D eigenvalue weighted by atomic mass is 9.43. The number of rotatable bonds is 4. The van der Waals surface area contributed by atoms with Crippen LogP contribution in [0.15, 0.2) is 0 Å². The lowest BCUT2D eigenvalue weighted by molar-refractivity contribution is -0.174. The van der Waals surface area contributed by atoms with Crippen molar-refractivity contribution >= 4 is 5.97 Å². The van der Waals surface area contributed by atoms with Gasteiger partial charge in [0.2, 0.25) is 0 Å². The van der Waals surface area contributed by atoms with E-state index in [2.05, 4.69) is 20.8 Å². The molecule has 6 unspecified atom stereocenters. The lowest BCUT2D eigenvalue weighted by Crippen LogP contribution is -2.58. The van der Waals surface area contributed by atoms with Crippen molar-refractivity contribution < 1.29 is 19.7 Å². The Hall–Kier alpha value is -0.610. The van der Waals surface area contributed by atoms with Crippen molar-refractivity contribution in [2.75, 3.05) is 7.11 Å². The van der Waals surface area contributed by atoms with E-state index in [1.54, 1.807) is 0 Å². The summed E-state index contributed by atoms with van der Waals surface area (Å²) in [4.78, 5) is 11.6. The van der Waals surface area contributed by atoms with Gasteiger partial charge in [0.15, 0.2) is 0 Å². The molecule has 0 aromatic rings. The Balaban J connectivity index is 1.53. The van der Waals surface area contributed by atoms with Gasteiger partial charge in [-0.2, -0.15) is 0 Å². The van der Waals surface area contributed by atoms with E-state index in [1.807, 2.05) is 0 Å². The average Bonchev–Trinajstić information content (AvgIpc) is 3.04. The van der Waals surface area contributed by atoms with Crippen LogP contribution in [0.4, 0.5) is 0 Å². The number of fused-ring (bicyclic) bond motifs is 5. The largest absolute Gasteiger partial charge is 0.469 e. The van der Waals surface area contributed by atoms with Crippen LogP contribution in [0.3, 0.4) is 0 Å². The number of aliphatic hydroxyl groups is 2. The number of methoxy groups -OCH3 is 1. The van der Waals surface area contributed by atoms with Crippen LogP contribution in [0.1, 0.15) is 85.0 Å². The molecule has 0 heterocycles. The molecule has 0 saturated heterocycles. The first-order valence-corrected chi connectivity index (χ1v) is 12.1. The van der Waals surface area contributed by atoms with Gasteiger partial charge in [0.05, 0.1) is 19.3 Å². The van der Waals surface area contributed by atoms with E-state index in [0.29, 0.717) is 47.3 Å². The fourth-order valence-electron chi connectivity index (χ4n) is 8.82. The summed E-state index contributed by atoms with van der Waals surface area (Å²) in [5, 5.41) is 21.5. The van der Waals surface area contributed by atoms with Crippen LogP contribution >= 0.6 is 0 Å². The third-order valence-electron chi connectivity index (χ3n) is 10.4. The molecule has 0 aromatic heterocycles. The predicted octanol–water partition coefficient (Wildman–Crippen LogP) is 4.57. The van der Waals surface area contributed by atoms with E-state index in [0.717, 1.165) is 32.1 Å². The molecular weight excluding hydrogens is 364 g/mol. The Morgan fingerprint density at radius 1 is 1.03 bits per heavy atom. The van der Waals surface area contributed by atoms with Gasteiger partial charge in [0.25, 0.3) is 0 Å². The van der Waals surface area contributed by atoms with Gasteiger partial charge in [-0.3, -0.25) is 4.79 Å². The summed E-state index contributed by atoms with van der Waals surface area (Å²) in [5.41, 5.74) is 0.577. The molecule has 10 atom stereocenters. The predicted molar refractivity (Wildman–Crippen MR) is 113 cm³/mol. The molecule has 4 rings (SSSR count). The van der Waals surface area contributed by atoms with E-state index in [9.17, 15) is 15.0 Å². The molecule has 4 saturated carbocycles. The van der Waals surface area contributed by atoms with Crippen molar-refractivity contribution in [3.8, 4) is 0 Å². The highest BCUT2D eigenvalue weighted by molar-refractivity contribution is 5.69. The summed E-state index contributed by atoms with van der Waals surface area (Å²) in [6, 6.07) is 0. The molecule has 0 bridgehead atoms. The van der Waals surface area contributed by atoms with Crippen molar-refractivity contribution in [2.45, 2.75) is 97.2 Å². The van der Waals surface area contributed by atoms with Gasteiger partial charge in [-0.15, -0.1) is 0 Å². The minimum atomic E-state index is -0.211. The highest BCUT2D eigenvalue weighted by Crippen LogP contribution is 2.68. The molecule has 4 heteroatoms. The highest BCUT2D eigenvalue weighted by Gasteiger charge is 2.62. The van der Waals surface area contributed by atoms with Crippen LogP contribution in [0.25, 0.3) is 0 Å². The standard InChI is InChI=1S/C25H42O4/c1-15(5-8-22(28)29-4)18-6-7-19-23-20(10-12-25(18,19)3)24(2)11-9-17(26)13-16(24)14-21(23)27/h15-21,23,26-27H,5-14H2,1-4H3/t15?,16?,17-,18?,19?,20?,21+,23?,24+,25-/m1/s1. The zero-order valence-corrected chi connectivity index (χ0v) is 18.9. The summed E-state index contributed by atoms with van der Waals surface area (Å²) < 4.78 is 4.86. The molecule has 4 aliphatic rings. The molecule has 0 spiro atoms. The second kappa shape index (κ2) is 7.82. The molecular formula is C25H42O4. The third-order valence-corrected chi connectivity index (χ3v) is 10.4. The second-order valence-corrected chi connectivity index (χ2v) is 11.5. The summed E-state index contributed by atoms with van der Waals surface area (Å²) in [7, 11) is 1.48. The molecule has 2 N–H and O–H groups in total. The van der Waals surface area contributed by atoms with Gasteiger partial charge in [-0.25, -0.2) is 0 Å². The molecule has 0 radical (unpaired) electrons. The van der Waals surface area contributed by atoms with Crippen LogP contribution in [0, 0.1) is 46.3 Å². The van der Waals surface area contributed by atoms with Crippen LogP contribution in [-0.4, -0.2) is 35.5 Å². The van der Waals surface area contributed by atoms with E-state index in [-0.39, 0.29) is 23.6 Å². The summed E-state index contributed by atoms with van der Waals surface area (Å²) in [6.07, 6.45) is 9.80. The Morgan fingerprint density at radius 3 is 2.45 bits per heavy atom. The monoisotopic (exact) mass is 406 g/mol. The maximum absolute atomic E-state index is 11.6. The number of carbonyl (C=O) groups excluding carboxylic acids is 1. The van der Waals surface area contributed by atoms with Gasteiger partial charge in [-0.1, -0.05) is 20.8 Å². The van der Waals surface area contributed by atoms with Crippen LogP contribution in [0.5, 0.6) is 0 Å². The quantitative estimate of drug-likeness (QED) is 0.671. The fourth-order valence-corrected chi connectivity index (χ4v) is 8.82. The Bertz CT molecular complexity index is 620. The molecule has 4 nitrogen and oxygen atoms in total. The van der Waals surface area contributed by atoms with Crippen molar-refractivity contribution in [1.82, 2.24) is 0 Å². The Kier molecular flexibility index (Phi) is 5.83. The summed E-state index contributed by atoms with van der Waals surface area (Å²) in [6.45, 7) is 7.29. The first-order chi connectivity index (χ1) is 13.7. The molecule has 4 fully saturated rings. The first-order valence-electron chi connectivity index (χ1n) is 12.1. The first kappa shape index (κ1) is 21.6. The number of hydrogen-bond donors (Lipinski definition) is 2. The maximum Gasteiger partial charge on any atom is 0.305 e. The topological polar surface area (TPSA) is 66.8 Å². The van der Waals surface area contributed by atoms with Crippen molar-refractivity contribution in [3.05, 3.63) is 0 Å². The SMILES string of the molecule is COC(=O)CCC(C)C1CCC2C3C(CC[C@]12C)[C@@]1(C)CC[C@@H](O)CC1C[C@@H]3O. The number of esters is 1. The van der Waals surface area contributed by atoms with Crippen molar-refractivity contribution in [1.29, 1.82) is 0 Å². The lowest BCUT2D eigenvalue weighted by Gasteiger charge is -2.62. The van der Waals surface area contributed by atoms with Gasteiger partial charge < -0.3 is 14.9 Å². The average molecular weight is 407 g/mol. The number of carbonyl (C=O) groups is 1. The van der Waals surface area contributed by atoms with Gasteiger partial charge in [0.1, 0.15) is 0 Å². The van der Waals surface area contributed by atoms with Gasteiger partial charge in [-0.05, 0) is 104 Å². The van der Waals surface area contributed by atoms with E-state index in [1.165, 1.54) is 32.8 Å². The van der Waals surface area contributed by atoms with E-state index >= 15 is 0 Å². The summed E-state index contributed by atoms with van der Waals surface area (Å²) in [5.74, 6) is 3.17. The van der Waals surface area contributed by atoms with Crippen LogP contribution in [-0.2, 0) is 9.53 Å².